The molecule has 0 unspecified atom stereocenters. The highest BCUT2D eigenvalue weighted by Gasteiger charge is 2.23. The van der Waals surface area contributed by atoms with E-state index < -0.39 is 10.0 Å². The maximum absolute atomic E-state index is 13.3. The smallest absolute Gasteiger partial charge is 0.315 e. The standard InChI is InChI=1S/C36H42N6O4S/c1-24-20-32(46-4)25(2)26(3)34(24)47(44,45)42-35(38)30-17-11-12-27(21-30)22-31(37)23-39-18-19-40-36(43)41-33(28-13-7-5-8-14-28)29-15-9-6-10-16-29/h5-17,20-21,33,37,39H,18-19,22-23H2,1-4H3,(H2,38,42)(H2,40,41,43). The highest BCUT2D eigenvalue weighted by Crippen LogP contribution is 2.31. The lowest BCUT2D eigenvalue weighted by Gasteiger charge is -2.20. The van der Waals surface area contributed by atoms with Crippen molar-refractivity contribution in [3.05, 3.63) is 130 Å². The van der Waals surface area contributed by atoms with Gasteiger partial charge in [0, 0.05) is 37.3 Å². The van der Waals surface area contributed by atoms with Crippen molar-refractivity contribution in [2.24, 2.45) is 10.1 Å². The summed E-state index contributed by atoms with van der Waals surface area (Å²) in [4.78, 5) is 12.8. The Hall–Kier alpha value is -5.00. The summed E-state index contributed by atoms with van der Waals surface area (Å²) < 4.78 is 35.9. The average molecular weight is 655 g/mol. The third kappa shape index (κ3) is 9.27. The summed E-state index contributed by atoms with van der Waals surface area (Å²) in [6.07, 6.45) is 0.334. The van der Waals surface area contributed by atoms with Crippen molar-refractivity contribution in [1.29, 1.82) is 5.41 Å². The number of rotatable bonds is 14. The number of amides is 2. The van der Waals surface area contributed by atoms with Gasteiger partial charge in [-0.05, 0) is 66.3 Å². The number of nitrogens with two attached hydrogens (primary N) is 1. The number of hydrogen-bond donors (Lipinski definition) is 5. The van der Waals surface area contributed by atoms with Gasteiger partial charge in [0.2, 0.25) is 0 Å². The molecule has 4 rings (SSSR count). The lowest BCUT2D eigenvalue weighted by molar-refractivity contribution is 0.238. The van der Waals surface area contributed by atoms with Crippen molar-refractivity contribution in [1.82, 2.24) is 16.0 Å². The van der Waals surface area contributed by atoms with Gasteiger partial charge >= 0.3 is 6.03 Å². The molecule has 47 heavy (non-hydrogen) atoms. The first-order chi connectivity index (χ1) is 22.5. The van der Waals surface area contributed by atoms with Crippen LogP contribution in [0.3, 0.4) is 0 Å². The number of ether oxygens (including phenoxy) is 1. The third-order valence-corrected chi connectivity index (χ3v) is 9.36. The highest BCUT2D eigenvalue weighted by atomic mass is 32.2. The monoisotopic (exact) mass is 654 g/mol. The molecule has 0 aliphatic rings. The van der Waals surface area contributed by atoms with Gasteiger partial charge in [-0.2, -0.15) is 8.42 Å². The van der Waals surface area contributed by atoms with Crippen LogP contribution in [0.1, 0.15) is 45.0 Å². The molecule has 246 valence electrons. The van der Waals surface area contributed by atoms with Gasteiger partial charge in [0.05, 0.1) is 18.0 Å². The molecule has 0 heterocycles. The zero-order chi connectivity index (χ0) is 34.0. The number of methoxy groups -OCH3 is 1. The largest absolute Gasteiger partial charge is 0.496 e. The first-order valence-corrected chi connectivity index (χ1v) is 16.7. The van der Waals surface area contributed by atoms with Gasteiger partial charge in [-0.3, -0.25) is 0 Å². The lowest BCUT2D eigenvalue weighted by atomic mass is 9.99. The van der Waals surface area contributed by atoms with E-state index in [0.717, 1.165) is 22.3 Å². The Morgan fingerprint density at radius 3 is 2.15 bits per heavy atom. The molecule has 11 heteroatoms. The minimum Gasteiger partial charge on any atom is -0.496 e. The fourth-order valence-corrected chi connectivity index (χ4v) is 6.80. The highest BCUT2D eigenvalue weighted by molar-refractivity contribution is 7.90. The van der Waals surface area contributed by atoms with Crippen LogP contribution in [0.15, 0.2) is 100 Å². The molecule has 0 bridgehead atoms. The van der Waals surface area contributed by atoms with Crippen molar-refractivity contribution >= 4 is 27.6 Å². The van der Waals surface area contributed by atoms with Crippen LogP contribution in [0.2, 0.25) is 0 Å². The number of nitrogens with one attached hydrogen (secondary N) is 4. The van der Waals surface area contributed by atoms with Gasteiger partial charge in [-0.25, -0.2) is 4.79 Å². The number of benzene rings is 4. The van der Waals surface area contributed by atoms with Crippen LogP contribution in [0.4, 0.5) is 4.79 Å². The molecule has 0 radical (unpaired) electrons. The van der Waals surface area contributed by atoms with Crippen molar-refractivity contribution in [2.75, 3.05) is 26.7 Å². The normalized spacial score (nSPS) is 11.7. The number of hydrogen-bond acceptors (Lipinski definition) is 6. The van der Waals surface area contributed by atoms with Crippen LogP contribution >= 0.6 is 0 Å². The van der Waals surface area contributed by atoms with Crippen molar-refractivity contribution in [2.45, 2.75) is 38.1 Å². The van der Waals surface area contributed by atoms with Gasteiger partial charge < -0.3 is 31.8 Å². The number of carbonyl (C=O) groups excluding carboxylic acids is 1. The number of carbonyl (C=O) groups is 1. The summed E-state index contributed by atoms with van der Waals surface area (Å²) in [6.45, 7) is 6.39. The summed E-state index contributed by atoms with van der Waals surface area (Å²) in [5.74, 6) is 0.480. The molecule has 0 aromatic heterocycles. The van der Waals surface area contributed by atoms with Crippen LogP contribution in [0.5, 0.6) is 5.75 Å². The zero-order valence-electron chi connectivity index (χ0n) is 27.1. The molecule has 0 spiro atoms. The average Bonchev–Trinajstić information content (AvgIpc) is 3.05. The van der Waals surface area contributed by atoms with Crippen molar-refractivity contribution < 1.29 is 17.9 Å². The Bertz CT molecular complexity index is 1800. The molecule has 0 saturated carbocycles. The number of amidine groups is 1. The van der Waals surface area contributed by atoms with Crippen molar-refractivity contribution in [3.8, 4) is 5.75 Å². The second-order valence-electron chi connectivity index (χ2n) is 11.2. The van der Waals surface area contributed by atoms with Crippen LogP contribution in [0, 0.1) is 26.2 Å². The predicted molar refractivity (Wildman–Crippen MR) is 187 cm³/mol. The summed E-state index contributed by atoms with van der Waals surface area (Å²) in [5, 5.41) is 17.5. The molecular formula is C36H42N6O4S. The molecule has 4 aromatic rings. The second kappa shape index (κ2) is 16.0. The zero-order valence-corrected chi connectivity index (χ0v) is 27.9. The van der Waals surface area contributed by atoms with Crippen LogP contribution in [-0.2, 0) is 16.4 Å². The summed E-state index contributed by atoms with van der Waals surface area (Å²) >= 11 is 0. The third-order valence-electron chi connectivity index (χ3n) is 7.78. The molecule has 0 fully saturated rings. The maximum atomic E-state index is 13.3. The molecule has 0 atom stereocenters. The number of aryl methyl sites for hydroxylation is 1. The van der Waals surface area contributed by atoms with Gasteiger partial charge in [0.25, 0.3) is 10.0 Å². The SMILES string of the molecule is COc1cc(C)c(S(=O)(=O)N=C(N)c2cccc(CC(=N)CNCCNC(=O)NC(c3ccccc3)c3ccccc3)c2)c(C)c1C. The number of nitrogens with zero attached hydrogens (tertiary/aromatic N) is 1. The van der Waals surface area contributed by atoms with E-state index >= 15 is 0 Å². The molecule has 4 aromatic carbocycles. The minimum absolute atomic E-state index is 0.113. The summed E-state index contributed by atoms with van der Waals surface area (Å²) in [5.41, 5.74) is 11.6. The first-order valence-electron chi connectivity index (χ1n) is 15.3. The van der Waals surface area contributed by atoms with Gasteiger partial charge in [0.15, 0.2) is 0 Å². The van der Waals surface area contributed by atoms with E-state index in [9.17, 15) is 13.2 Å². The summed E-state index contributed by atoms with van der Waals surface area (Å²) in [7, 11) is -2.55. The number of urea groups is 1. The fourth-order valence-electron chi connectivity index (χ4n) is 5.34. The molecule has 2 amide bonds. The number of sulfonamides is 1. The van der Waals surface area contributed by atoms with E-state index in [1.807, 2.05) is 66.7 Å². The van der Waals surface area contributed by atoms with Gasteiger partial charge in [-0.15, -0.1) is 4.40 Å². The Kier molecular flexibility index (Phi) is 11.9. The van der Waals surface area contributed by atoms with Crippen LogP contribution in [0.25, 0.3) is 0 Å². The van der Waals surface area contributed by atoms with Crippen molar-refractivity contribution in [3.63, 3.8) is 0 Å². The Morgan fingerprint density at radius 2 is 1.53 bits per heavy atom. The molecule has 0 aliphatic heterocycles. The Labute approximate surface area is 277 Å². The van der Waals surface area contributed by atoms with Crippen LogP contribution in [-0.4, -0.2) is 52.7 Å². The molecule has 0 aliphatic carbocycles. The molecule has 10 nitrogen and oxygen atoms in total. The molecule has 6 N–H and O–H groups in total. The second-order valence-corrected chi connectivity index (χ2v) is 12.8. The van der Waals surface area contributed by atoms with E-state index in [4.69, 9.17) is 15.9 Å². The lowest BCUT2D eigenvalue weighted by Crippen LogP contribution is -2.41. The quantitative estimate of drug-likeness (QED) is 0.0735. The molecular weight excluding hydrogens is 613 g/mol. The topological polar surface area (TPSA) is 159 Å². The Morgan fingerprint density at radius 1 is 0.894 bits per heavy atom. The fraction of sp³-hybridized carbons (Fsp3) is 0.250. The van der Waals surface area contributed by atoms with Crippen LogP contribution < -0.4 is 26.4 Å². The van der Waals surface area contributed by atoms with E-state index in [1.54, 1.807) is 52.1 Å². The first kappa shape index (κ1) is 34.9. The predicted octanol–water partition coefficient (Wildman–Crippen LogP) is 4.96. The maximum Gasteiger partial charge on any atom is 0.315 e. The van der Waals surface area contributed by atoms with E-state index in [-0.39, 0.29) is 22.8 Å². The Balaban J connectivity index is 1.29. The molecule has 0 saturated heterocycles. The van der Waals surface area contributed by atoms with Gasteiger partial charge in [0.1, 0.15) is 11.6 Å². The summed E-state index contributed by atoms with van der Waals surface area (Å²) in [6, 6.07) is 27.7. The minimum atomic E-state index is -4.09. The van der Waals surface area contributed by atoms with Gasteiger partial charge in [-0.1, -0.05) is 78.9 Å². The van der Waals surface area contributed by atoms with E-state index in [2.05, 4.69) is 20.3 Å². The van der Waals surface area contributed by atoms with E-state index in [1.165, 1.54) is 0 Å². The van der Waals surface area contributed by atoms with E-state index in [0.29, 0.717) is 54.2 Å².